The fourth-order valence-corrected chi connectivity index (χ4v) is 3.51. The highest BCUT2D eigenvalue weighted by Crippen LogP contribution is 2.30. The molecule has 2 amide bonds. The Hall–Kier alpha value is -3.60. The molecule has 0 fully saturated rings. The number of ether oxygens (including phenoxy) is 1. The second-order valence-corrected chi connectivity index (χ2v) is 7.41. The van der Waals surface area contributed by atoms with E-state index in [9.17, 15) is 9.59 Å². The molecule has 5 nitrogen and oxygen atoms in total. The smallest absolute Gasteiger partial charge is 0.258 e. The van der Waals surface area contributed by atoms with Crippen LogP contribution >= 0.6 is 0 Å². The van der Waals surface area contributed by atoms with E-state index >= 15 is 0 Å². The van der Waals surface area contributed by atoms with Crippen LogP contribution in [-0.2, 0) is 17.8 Å². The summed E-state index contributed by atoms with van der Waals surface area (Å²) in [4.78, 5) is 26.9. The highest BCUT2D eigenvalue weighted by atomic mass is 16.5. The first-order chi connectivity index (χ1) is 14.6. The molecular weight excluding hydrogens is 376 g/mol. The predicted octanol–water partition coefficient (Wildman–Crippen LogP) is 3.89. The van der Waals surface area contributed by atoms with Gasteiger partial charge in [0, 0.05) is 24.3 Å². The molecule has 152 valence electrons. The summed E-state index contributed by atoms with van der Waals surface area (Å²) in [7, 11) is 0. The van der Waals surface area contributed by atoms with Gasteiger partial charge in [0.1, 0.15) is 5.75 Å². The minimum Gasteiger partial charge on any atom is -0.484 e. The molecule has 0 atom stereocenters. The van der Waals surface area contributed by atoms with Gasteiger partial charge in [-0.3, -0.25) is 9.59 Å². The van der Waals surface area contributed by atoms with Crippen LogP contribution < -0.4 is 15.0 Å². The van der Waals surface area contributed by atoms with Gasteiger partial charge in [0.05, 0.1) is 0 Å². The minimum absolute atomic E-state index is 0.00574. The summed E-state index contributed by atoms with van der Waals surface area (Å²) in [6.07, 6.45) is 0.838. The quantitative estimate of drug-likeness (QED) is 0.683. The second-order valence-electron chi connectivity index (χ2n) is 7.41. The third-order valence-corrected chi connectivity index (χ3v) is 5.19. The van der Waals surface area contributed by atoms with Gasteiger partial charge in [-0.25, -0.2) is 0 Å². The number of hydrogen-bond acceptors (Lipinski definition) is 3. The molecule has 0 bridgehead atoms. The standard InChI is InChI=1S/C25H24N2O3/c1-18-7-10-21(11-8-18)25(29)27-14-13-20-12-9-19(15-23(20)27)16-26-24(28)17-30-22-5-3-2-4-6-22/h2-12,15H,13-14,16-17H2,1H3,(H,26,28). The van der Waals surface area contributed by atoms with Crippen LogP contribution in [0, 0.1) is 6.92 Å². The van der Waals surface area contributed by atoms with Gasteiger partial charge in [-0.05, 0) is 54.8 Å². The van der Waals surface area contributed by atoms with Crippen LogP contribution in [0.2, 0.25) is 0 Å². The van der Waals surface area contributed by atoms with Crippen molar-refractivity contribution < 1.29 is 14.3 Å². The van der Waals surface area contributed by atoms with E-state index in [0.29, 0.717) is 24.4 Å². The molecule has 0 spiro atoms. The monoisotopic (exact) mass is 400 g/mol. The lowest BCUT2D eigenvalue weighted by Gasteiger charge is -2.18. The van der Waals surface area contributed by atoms with Gasteiger partial charge in [-0.15, -0.1) is 0 Å². The summed E-state index contributed by atoms with van der Waals surface area (Å²) in [6.45, 7) is 3.03. The van der Waals surface area contributed by atoms with E-state index < -0.39 is 0 Å². The van der Waals surface area contributed by atoms with Crippen LogP contribution in [0.3, 0.4) is 0 Å². The normalized spacial score (nSPS) is 12.4. The summed E-state index contributed by atoms with van der Waals surface area (Å²) < 4.78 is 5.47. The van der Waals surface area contributed by atoms with Crippen molar-refractivity contribution in [3.63, 3.8) is 0 Å². The van der Waals surface area contributed by atoms with Crippen molar-refractivity contribution in [1.29, 1.82) is 0 Å². The van der Waals surface area contributed by atoms with E-state index in [2.05, 4.69) is 5.32 Å². The third-order valence-electron chi connectivity index (χ3n) is 5.19. The fourth-order valence-electron chi connectivity index (χ4n) is 3.51. The first-order valence-electron chi connectivity index (χ1n) is 10.0. The Bertz CT molecular complexity index is 1050. The van der Waals surface area contributed by atoms with Gasteiger partial charge < -0.3 is 15.0 Å². The topological polar surface area (TPSA) is 58.6 Å². The van der Waals surface area contributed by atoms with Crippen molar-refractivity contribution in [3.05, 3.63) is 95.1 Å². The lowest BCUT2D eigenvalue weighted by molar-refractivity contribution is -0.123. The lowest BCUT2D eigenvalue weighted by atomic mass is 10.1. The van der Waals surface area contributed by atoms with Crippen LogP contribution in [0.4, 0.5) is 5.69 Å². The Kier molecular flexibility index (Phi) is 5.80. The molecule has 4 rings (SSSR count). The SMILES string of the molecule is Cc1ccc(C(=O)N2CCc3ccc(CNC(=O)COc4ccccc4)cc32)cc1. The molecular formula is C25H24N2O3. The summed E-state index contributed by atoms with van der Waals surface area (Å²) >= 11 is 0. The van der Waals surface area contributed by atoms with Crippen LogP contribution in [-0.4, -0.2) is 25.0 Å². The van der Waals surface area contributed by atoms with Crippen LogP contribution in [0.5, 0.6) is 5.75 Å². The van der Waals surface area contributed by atoms with Crippen molar-refractivity contribution in [2.45, 2.75) is 19.9 Å². The predicted molar refractivity (Wildman–Crippen MR) is 117 cm³/mol. The highest BCUT2D eigenvalue weighted by Gasteiger charge is 2.25. The fraction of sp³-hybridized carbons (Fsp3) is 0.200. The van der Waals surface area contributed by atoms with Crippen LogP contribution in [0.1, 0.15) is 27.0 Å². The molecule has 1 aliphatic rings. The molecule has 0 radical (unpaired) electrons. The number of rotatable bonds is 6. The maximum absolute atomic E-state index is 13.0. The average Bonchev–Trinajstić information content (AvgIpc) is 3.20. The van der Waals surface area contributed by atoms with Gasteiger partial charge in [0.2, 0.25) is 0 Å². The highest BCUT2D eigenvalue weighted by molar-refractivity contribution is 6.07. The number of benzene rings is 3. The first-order valence-corrected chi connectivity index (χ1v) is 10.0. The molecule has 3 aromatic carbocycles. The van der Waals surface area contributed by atoms with E-state index in [1.165, 1.54) is 0 Å². The van der Waals surface area contributed by atoms with Crippen LogP contribution in [0.15, 0.2) is 72.8 Å². The van der Waals surface area contributed by atoms with Gasteiger partial charge in [-0.2, -0.15) is 0 Å². The van der Waals surface area contributed by atoms with Gasteiger partial charge in [0.25, 0.3) is 11.8 Å². The van der Waals surface area contributed by atoms with Crippen LogP contribution in [0.25, 0.3) is 0 Å². The molecule has 3 aromatic rings. The molecule has 0 unspecified atom stereocenters. The number of nitrogens with zero attached hydrogens (tertiary/aromatic N) is 1. The molecule has 1 aliphatic heterocycles. The maximum atomic E-state index is 13.0. The minimum atomic E-state index is -0.188. The van der Waals surface area contributed by atoms with Crippen molar-refractivity contribution in [2.24, 2.45) is 0 Å². The Morgan fingerprint density at radius 1 is 1.00 bits per heavy atom. The second kappa shape index (κ2) is 8.82. The number of aryl methyl sites for hydroxylation is 1. The van der Waals surface area contributed by atoms with Gasteiger partial charge in [-0.1, -0.05) is 48.0 Å². The number of para-hydroxylation sites is 1. The summed E-state index contributed by atoms with van der Waals surface area (Å²) in [6, 6.07) is 22.9. The molecule has 30 heavy (non-hydrogen) atoms. The third kappa shape index (κ3) is 4.51. The van der Waals surface area contributed by atoms with Gasteiger partial charge >= 0.3 is 0 Å². The average molecular weight is 400 g/mol. The maximum Gasteiger partial charge on any atom is 0.258 e. The zero-order valence-electron chi connectivity index (χ0n) is 16.9. The number of fused-ring (bicyclic) bond motifs is 1. The van der Waals surface area contributed by atoms with Crippen molar-refractivity contribution in [2.75, 3.05) is 18.1 Å². The van der Waals surface area contributed by atoms with Gasteiger partial charge in [0.15, 0.2) is 6.61 Å². The van der Waals surface area contributed by atoms with E-state index in [-0.39, 0.29) is 18.4 Å². The number of nitrogens with one attached hydrogen (secondary N) is 1. The zero-order valence-corrected chi connectivity index (χ0v) is 16.9. The summed E-state index contributed by atoms with van der Waals surface area (Å²) in [5.74, 6) is 0.480. The molecule has 5 heteroatoms. The molecule has 0 aromatic heterocycles. The van der Waals surface area contributed by atoms with Crippen molar-refractivity contribution in [3.8, 4) is 5.75 Å². The van der Waals surface area contributed by atoms with Crippen molar-refractivity contribution >= 4 is 17.5 Å². The Morgan fingerprint density at radius 2 is 1.77 bits per heavy atom. The molecule has 1 heterocycles. The number of carbonyl (C=O) groups is 2. The summed E-state index contributed by atoms with van der Waals surface area (Å²) in [5.41, 5.74) is 4.84. The number of amides is 2. The van der Waals surface area contributed by atoms with E-state index in [0.717, 1.165) is 28.8 Å². The summed E-state index contributed by atoms with van der Waals surface area (Å²) in [5, 5.41) is 2.87. The van der Waals surface area contributed by atoms with E-state index in [4.69, 9.17) is 4.74 Å². The zero-order chi connectivity index (χ0) is 20.9. The molecule has 0 saturated carbocycles. The van der Waals surface area contributed by atoms with E-state index in [1.807, 2.05) is 84.6 Å². The number of hydrogen-bond donors (Lipinski definition) is 1. The Labute approximate surface area is 176 Å². The molecule has 0 saturated heterocycles. The van der Waals surface area contributed by atoms with Crippen molar-refractivity contribution in [1.82, 2.24) is 5.32 Å². The lowest BCUT2D eigenvalue weighted by Crippen LogP contribution is -2.29. The Morgan fingerprint density at radius 3 is 2.53 bits per heavy atom. The molecule has 1 N–H and O–H groups in total. The Balaban J connectivity index is 1.38. The van der Waals surface area contributed by atoms with E-state index in [1.54, 1.807) is 0 Å². The number of anilines is 1. The first kappa shape index (κ1) is 19.7. The molecule has 0 aliphatic carbocycles. The number of carbonyl (C=O) groups excluding carboxylic acids is 2. The largest absolute Gasteiger partial charge is 0.484 e.